The fourth-order valence-corrected chi connectivity index (χ4v) is 3.03. The van der Waals surface area contributed by atoms with E-state index in [0.717, 1.165) is 16.8 Å². The molecule has 6 nitrogen and oxygen atoms in total. The zero-order valence-corrected chi connectivity index (χ0v) is 16.3. The number of aromatic nitrogens is 2. The van der Waals surface area contributed by atoms with Gasteiger partial charge in [0.1, 0.15) is 17.2 Å². The van der Waals surface area contributed by atoms with Crippen LogP contribution in [0.25, 0.3) is 16.9 Å². The van der Waals surface area contributed by atoms with Gasteiger partial charge in [-0.3, -0.25) is 4.79 Å². The molecule has 146 valence electrons. The summed E-state index contributed by atoms with van der Waals surface area (Å²) in [6, 6.07) is 19.1. The highest BCUT2D eigenvalue weighted by atomic mass is 16.5. The predicted molar refractivity (Wildman–Crippen MR) is 110 cm³/mol. The first-order valence-corrected chi connectivity index (χ1v) is 9.26. The first-order chi connectivity index (χ1) is 14.1. The second kappa shape index (κ2) is 8.06. The highest BCUT2D eigenvalue weighted by Crippen LogP contribution is 2.27. The molecule has 0 aliphatic heterocycles. The lowest BCUT2D eigenvalue weighted by molar-refractivity contribution is 0.0948. The van der Waals surface area contributed by atoms with Crippen LogP contribution < -0.4 is 10.1 Å². The van der Waals surface area contributed by atoms with Crippen LogP contribution in [0.4, 0.5) is 0 Å². The SMILES string of the molecule is COc1cccc(-c2nn(-c3ccc(C)cc3)cc2C(=O)NCc2ccco2)c1. The maximum atomic E-state index is 12.9. The van der Waals surface area contributed by atoms with Crippen molar-refractivity contribution in [2.24, 2.45) is 0 Å². The van der Waals surface area contributed by atoms with Gasteiger partial charge in [-0.1, -0.05) is 29.8 Å². The largest absolute Gasteiger partial charge is 0.497 e. The Labute approximate surface area is 168 Å². The lowest BCUT2D eigenvalue weighted by Crippen LogP contribution is -2.22. The van der Waals surface area contributed by atoms with Gasteiger partial charge in [-0.25, -0.2) is 4.68 Å². The average Bonchev–Trinajstić information content (AvgIpc) is 3.43. The van der Waals surface area contributed by atoms with Crippen LogP contribution in [0.3, 0.4) is 0 Å². The molecule has 0 bridgehead atoms. The van der Waals surface area contributed by atoms with Gasteiger partial charge in [-0.2, -0.15) is 5.10 Å². The Kier molecular flexibility index (Phi) is 5.16. The number of furan rings is 1. The Hall–Kier alpha value is -3.80. The topological polar surface area (TPSA) is 69.3 Å². The Morgan fingerprint density at radius 2 is 1.97 bits per heavy atom. The average molecular weight is 387 g/mol. The molecule has 2 aromatic carbocycles. The second-order valence-corrected chi connectivity index (χ2v) is 6.67. The molecule has 0 aliphatic carbocycles. The summed E-state index contributed by atoms with van der Waals surface area (Å²) in [5, 5.41) is 7.60. The summed E-state index contributed by atoms with van der Waals surface area (Å²) in [6.07, 6.45) is 3.33. The molecule has 0 fully saturated rings. The minimum Gasteiger partial charge on any atom is -0.497 e. The third-order valence-corrected chi connectivity index (χ3v) is 4.60. The van der Waals surface area contributed by atoms with Gasteiger partial charge >= 0.3 is 0 Å². The molecule has 0 atom stereocenters. The van der Waals surface area contributed by atoms with E-state index in [4.69, 9.17) is 14.3 Å². The number of carbonyl (C=O) groups is 1. The number of hydrogen-bond acceptors (Lipinski definition) is 4. The molecule has 0 unspecified atom stereocenters. The Balaban J connectivity index is 1.72. The van der Waals surface area contributed by atoms with Crippen LogP contribution in [-0.2, 0) is 6.54 Å². The van der Waals surface area contributed by atoms with Gasteiger partial charge < -0.3 is 14.5 Å². The number of ether oxygens (including phenoxy) is 1. The number of rotatable bonds is 6. The van der Waals surface area contributed by atoms with E-state index in [9.17, 15) is 4.79 Å². The third kappa shape index (κ3) is 4.06. The number of amides is 1. The van der Waals surface area contributed by atoms with Gasteiger partial charge in [-0.15, -0.1) is 0 Å². The molecule has 0 saturated heterocycles. The summed E-state index contributed by atoms with van der Waals surface area (Å²) < 4.78 is 12.3. The molecule has 0 saturated carbocycles. The molecule has 6 heteroatoms. The van der Waals surface area contributed by atoms with Crippen LogP contribution in [0.2, 0.25) is 0 Å². The van der Waals surface area contributed by atoms with Crippen molar-refractivity contribution in [3.8, 4) is 22.7 Å². The summed E-state index contributed by atoms with van der Waals surface area (Å²) in [7, 11) is 1.61. The molecular formula is C23H21N3O3. The summed E-state index contributed by atoms with van der Waals surface area (Å²) in [6.45, 7) is 2.33. The van der Waals surface area contributed by atoms with E-state index in [1.54, 1.807) is 30.3 Å². The van der Waals surface area contributed by atoms with Crippen LogP contribution >= 0.6 is 0 Å². The molecule has 4 rings (SSSR count). The van der Waals surface area contributed by atoms with Gasteiger partial charge in [0.25, 0.3) is 5.91 Å². The summed E-state index contributed by atoms with van der Waals surface area (Å²) in [5.41, 5.74) is 3.90. The van der Waals surface area contributed by atoms with Gasteiger partial charge in [0, 0.05) is 11.8 Å². The van der Waals surface area contributed by atoms with E-state index >= 15 is 0 Å². The molecule has 0 aliphatic rings. The van der Waals surface area contributed by atoms with Gasteiger partial charge in [0.15, 0.2) is 0 Å². The van der Waals surface area contributed by atoms with Gasteiger partial charge in [0.2, 0.25) is 0 Å². The van der Waals surface area contributed by atoms with Crippen molar-refractivity contribution in [3.63, 3.8) is 0 Å². The fraction of sp³-hybridized carbons (Fsp3) is 0.130. The molecule has 29 heavy (non-hydrogen) atoms. The third-order valence-electron chi connectivity index (χ3n) is 4.60. The summed E-state index contributed by atoms with van der Waals surface area (Å²) in [4.78, 5) is 12.9. The normalized spacial score (nSPS) is 10.7. The van der Waals surface area contributed by atoms with E-state index in [-0.39, 0.29) is 5.91 Å². The molecular weight excluding hydrogens is 366 g/mol. The maximum absolute atomic E-state index is 12.9. The number of methoxy groups -OCH3 is 1. The molecule has 0 spiro atoms. The first kappa shape index (κ1) is 18.6. The molecule has 2 aromatic heterocycles. The van der Waals surface area contributed by atoms with E-state index < -0.39 is 0 Å². The lowest BCUT2D eigenvalue weighted by atomic mass is 10.1. The van der Waals surface area contributed by atoms with Crippen LogP contribution in [-0.4, -0.2) is 22.8 Å². The van der Waals surface area contributed by atoms with Crippen LogP contribution in [0.15, 0.2) is 77.5 Å². The zero-order chi connectivity index (χ0) is 20.2. The number of benzene rings is 2. The number of carbonyl (C=O) groups excluding carboxylic acids is 1. The highest BCUT2D eigenvalue weighted by molar-refractivity contribution is 6.00. The zero-order valence-electron chi connectivity index (χ0n) is 16.3. The van der Waals surface area contributed by atoms with E-state index in [1.165, 1.54) is 0 Å². The summed E-state index contributed by atoms with van der Waals surface area (Å²) >= 11 is 0. The van der Waals surface area contributed by atoms with Gasteiger partial charge in [0.05, 0.1) is 31.2 Å². The summed E-state index contributed by atoms with van der Waals surface area (Å²) in [5.74, 6) is 1.17. The quantitative estimate of drug-likeness (QED) is 0.533. The standard InChI is InChI=1S/C23H21N3O3/c1-16-8-10-18(11-9-16)26-15-21(23(27)24-14-20-7-4-12-29-20)22(25-26)17-5-3-6-19(13-17)28-2/h3-13,15H,14H2,1-2H3,(H,24,27). The Bertz CT molecular complexity index is 1110. The molecule has 2 heterocycles. The van der Waals surface area contributed by atoms with Crippen molar-refractivity contribution >= 4 is 5.91 Å². The van der Waals surface area contributed by atoms with Crippen LogP contribution in [0.5, 0.6) is 5.75 Å². The van der Waals surface area contributed by atoms with Crippen molar-refractivity contribution in [2.45, 2.75) is 13.5 Å². The minimum absolute atomic E-state index is 0.224. The minimum atomic E-state index is -0.224. The molecule has 4 aromatic rings. The molecule has 1 amide bonds. The van der Waals surface area contributed by atoms with Crippen molar-refractivity contribution in [1.82, 2.24) is 15.1 Å². The van der Waals surface area contributed by atoms with Crippen molar-refractivity contribution < 1.29 is 13.9 Å². The maximum Gasteiger partial charge on any atom is 0.255 e. The predicted octanol–water partition coefficient (Wildman–Crippen LogP) is 4.38. The van der Waals surface area contributed by atoms with Crippen molar-refractivity contribution in [2.75, 3.05) is 7.11 Å². The van der Waals surface area contributed by atoms with Crippen LogP contribution in [0, 0.1) is 6.92 Å². The van der Waals surface area contributed by atoms with Crippen molar-refractivity contribution in [3.05, 3.63) is 90.0 Å². The number of nitrogens with zero attached hydrogens (tertiary/aromatic N) is 2. The van der Waals surface area contributed by atoms with E-state index in [0.29, 0.717) is 29.3 Å². The monoisotopic (exact) mass is 387 g/mol. The number of nitrogens with one attached hydrogen (secondary N) is 1. The number of aryl methyl sites for hydroxylation is 1. The van der Waals surface area contributed by atoms with Crippen molar-refractivity contribution in [1.29, 1.82) is 0 Å². The smallest absolute Gasteiger partial charge is 0.255 e. The highest BCUT2D eigenvalue weighted by Gasteiger charge is 2.19. The molecule has 0 radical (unpaired) electrons. The molecule has 1 N–H and O–H groups in total. The first-order valence-electron chi connectivity index (χ1n) is 9.26. The Morgan fingerprint density at radius 3 is 2.69 bits per heavy atom. The van der Waals surface area contributed by atoms with Crippen LogP contribution in [0.1, 0.15) is 21.7 Å². The van der Waals surface area contributed by atoms with E-state index in [2.05, 4.69) is 5.32 Å². The van der Waals surface area contributed by atoms with E-state index in [1.807, 2.05) is 61.5 Å². The lowest BCUT2D eigenvalue weighted by Gasteiger charge is -2.05. The fourth-order valence-electron chi connectivity index (χ4n) is 3.03. The van der Waals surface area contributed by atoms with Gasteiger partial charge in [-0.05, 0) is 43.3 Å². The number of hydrogen-bond donors (Lipinski definition) is 1. The second-order valence-electron chi connectivity index (χ2n) is 6.67. The Morgan fingerprint density at radius 1 is 1.14 bits per heavy atom.